The lowest BCUT2D eigenvalue weighted by Gasteiger charge is -2.11. The fourth-order valence-corrected chi connectivity index (χ4v) is 1.45. The van der Waals surface area contributed by atoms with Crippen LogP contribution in [0.4, 0.5) is 0 Å². The number of nitrogens with one attached hydrogen (secondary N) is 1. The lowest BCUT2D eigenvalue weighted by Crippen LogP contribution is -2.33. The first-order valence-corrected chi connectivity index (χ1v) is 4.76. The van der Waals surface area contributed by atoms with Crippen molar-refractivity contribution in [3.8, 4) is 0 Å². The Morgan fingerprint density at radius 2 is 2.44 bits per heavy atom. The summed E-state index contributed by atoms with van der Waals surface area (Å²) in [5.41, 5.74) is -0.0704. The zero-order chi connectivity index (χ0) is 11.7. The molecule has 86 valence electrons. The number of hydrogen-bond donors (Lipinski definition) is 2. The second kappa shape index (κ2) is 3.93. The Bertz CT molecular complexity index is 542. The van der Waals surface area contributed by atoms with Crippen molar-refractivity contribution in [2.45, 2.75) is 19.6 Å². The molecule has 0 unspecified atom stereocenters. The van der Waals surface area contributed by atoms with Gasteiger partial charge in [0, 0.05) is 11.8 Å². The molecular formula is C9H11N3O4. The molecule has 1 aliphatic rings. The van der Waals surface area contributed by atoms with E-state index in [0.29, 0.717) is 17.7 Å². The average Bonchev–Trinajstić information content (AvgIpc) is 2.71. The summed E-state index contributed by atoms with van der Waals surface area (Å²) in [6.07, 6.45) is 1.16. The molecule has 0 amide bonds. The molecule has 2 N–H and O–H groups in total. The Kier molecular flexibility index (Phi) is 2.61. The van der Waals surface area contributed by atoms with Crippen molar-refractivity contribution < 1.29 is 9.94 Å². The summed E-state index contributed by atoms with van der Waals surface area (Å²) in [6.45, 7) is 1.39. The monoisotopic (exact) mass is 225 g/mol. The first kappa shape index (κ1) is 10.6. The van der Waals surface area contributed by atoms with Crippen molar-refractivity contribution >= 4 is 5.71 Å². The molecule has 2 rings (SSSR count). The van der Waals surface area contributed by atoms with Gasteiger partial charge in [-0.25, -0.2) is 4.79 Å². The van der Waals surface area contributed by atoms with E-state index in [-0.39, 0.29) is 6.61 Å². The second-order valence-electron chi connectivity index (χ2n) is 3.56. The topological polar surface area (TPSA) is 96.7 Å². The van der Waals surface area contributed by atoms with E-state index in [2.05, 4.69) is 10.1 Å². The van der Waals surface area contributed by atoms with E-state index in [1.165, 1.54) is 10.8 Å². The molecule has 1 aromatic rings. The predicted octanol–water partition coefficient (Wildman–Crippen LogP) is -0.888. The normalized spacial score (nSPS) is 19.4. The van der Waals surface area contributed by atoms with Gasteiger partial charge in [-0.05, 0) is 6.92 Å². The maximum atomic E-state index is 11.5. The number of hydrogen-bond acceptors (Lipinski definition) is 5. The average molecular weight is 225 g/mol. The number of nitrogens with zero attached hydrogens (tertiary/aromatic N) is 2. The van der Waals surface area contributed by atoms with E-state index in [0.717, 1.165) is 0 Å². The fourth-order valence-electron chi connectivity index (χ4n) is 1.45. The first-order valence-electron chi connectivity index (χ1n) is 4.76. The van der Waals surface area contributed by atoms with E-state index in [4.69, 9.17) is 9.94 Å². The molecular weight excluding hydrogens is 214 g/mol. The van der Waals surface area contributed by atoms with Crippen molar-refractivity contribution in [2.24, 2.45) is 5.16 Å². The van der Waals surface area contributed by atoms with Crippen molar-refractivity contribution in [1.82, 2.24) is 9.55 Å². The second-order valence-corrected chi connectivity index (χ2v) is 3.56. The molecule has 0 saturated heterocycles. The van der Waals surface area contributed by atoms with Gasteiger partial charge >= 0.3 is 5.69 Å². The van der Waals surface area contributed by atoms with Gasteiger partial charge in [0.25, 0.3) is 5.56 Å². The molecule has 0 bridgehead atoms. The highest BCUT2D eigenvalue weighted by Crippen LogP contribution is 2.18. The van der Waals surface area contributed by atoms with Crippen LogP contribution in [0.3, 0.4) is 0 Å². The van der Waals surface area contributed by atoms with Crippen LogP contribution in [-0.2, 0) is 4.84 Å². The first-order chi connectivity index (χ1) is 7.61. The van der Waals surface area contributed by atoms with Crippen LogP contribution in [0.25, 0.3) is 0 Å². The van der Waals surface area contributed by atoms with E-state index in [1.54, 1.807) is 6.92 Å². The number of oxime groups is 1. The van der Waals surface area contributed by atoms with Crippen LogP contribution >= 0.6 is 0 Å². The van der Waals surface area contributed by atoms with Gasteiger partial charge in [-0.15, -0.1) is 0 Å². The molecule has 0 aromatic carbocycles. The van der Waals surface area contributed by atoms with Gasteiger partial charge in [-0.2, -0.15) is 0 Å². The molecule has 7 heteroatoms. The Hall–Kier alpha value is -1.89. The van der Waals surface area contributed by atoms with E-state index in [9.17, 15) is 9.59 Å². The standard InChI is InChI=1S/C9H11N3O4/c1-5-3-12(9(15)10-8(5)14)7-2-6(4-13)11-16-7/h3,7,13H,2,4H2,1H3,(H,10,14,15)/t7-/m0/s1. The third-order valence-electron chi connectivity index (χ3n) is 2.35. The van der Waals surface area contributed by atoms with Gasteiger partial charge in [-0.3, -0.25) is 14.3 Å². The Morgan fingerprint density at radius 3 is 3.06 bits per heavy atom. The molecule has 0 aliphatic carbocycles. The summed E-state index contributed by atoms with van der Waals surface area (Å²) in [5.74, 6) is 0. The Labute approximate surface area is 90.0 Å². The third-order valence-corrected chi connectivity index (χ3v) is 2.35. The van der Waals surface area contributed by atoms with Crippen LogP contribution in [0.5, 0.6) is 0 Å². The summed E-state index contributed by atoms with van der Waals surface area (Å²) in [4.78, 5) is 29.8. The number of aromatic amines is 1. The highest BCUT2D eigenvalue weighted by Gasteiger charge is 2.23. The van der Waals surface area contributed by atoms with Crippen LogP contribution in [0, 0.1) is 6.92 Å². The minimum absolute atomic E-state index is 0.201. The summed E-state index contributed by atoms with van der Waals surface area (Å²) >= 11 is 0. The Balaban J connectivity index is 2.33. The number of aliphatic hydroxyl groups excluding tert-OH is 1. The number of aryl methyl sites for hydroxylation is 1. The number of aromatic nitrogens is 2. The highest BCUT2D eigenvalue weighted by molar-refractivity contribution is 5.86. The molecule has 0 saturated carbocycles. The third kappa shape index (κ3) is 1.76. The van der Waals surface area contributed by atoms with Crippen LogP contribution in [0.2, 0.25) is 0 Å². The van der Waals surface area contributed by atoms with Crippen molar-refractivity contribution in [2.75, 3.05) is 6.61 Å². The number of aliphatic hydroxyl groups is 1. The van der Waals surface area contributed by atoms with E-state index >= 15 is 0 Å². The smallest absolute Gasteiger partial charge is 0.331 e. The lowest BCUT2D eigenvalue weighted by molar-refractivity contribution is 0.0284. The fraction of sp³-hybridized carbons (Fsp3) is 0.444. The van der Waals surface area contributed by atoms with Crippen LogP contribution < -0.4 is 11.2 Å². The van der Waals surface area contributed by atoms with Crippen molar-refractivity contribution in [3.63, 3.8) is 0 Å². The molecule has 16 heavy (non-hydrogen) atoms. The molecule has 2 heterocycles. The molecule has 0 radical (unpaired) electrons. The van der Waals surface area contributed by atoms with Gasteiger partial charge in [0.15, 0.2) is 0 Å². The minimum Gasteiger partial charge on any atom is -0.390 e. The van der Waals surface area contributed by atoms with Crippen LogP contribution in [0.15, 0.2) is 20.9 Å². The quantitative estimate of drug-likeness (QED) is 0.682. The zero-order valence-corrected chi connectivity index (χ0v) is 8.64. The molecule has 1 aromatic heterocycles. The molecule has 0 spiro atoms. The number of rotatable bonds is 2. The molecule has 7 nitrogen and oxygen atoms in total. The van der Waals surface area contributed by atoms with E-state index < -0.39 is 17.5 Å². The summed E-state index contributed by atoms with van der Waals surface area (Å²) in [7, 11) is 0. The predicted molar refractivity (Wildman–Crippen MR) is 55.3 cm³/mol. The summed E-state index contributed by atoms with van der Waals surface area (Å²) in [6, 6.07) is 0. The molecule has 0 fully saturated rings. The van der Waals surface area contributed by atoms with Crippen LogP contribution in [0.1, 0.15) is 18.2 Å². The highest BCUT2D eigenvalue weighted by atomic mass is 16.7. The van der Waals surface area contributed by atoms with Gasteiger partial charge < -0.3 is 9.94 Å². The van der Waals surface area contributed by atoms with E-state index in [1.807, 2.05) is 0 Å². The largest absolute Gasteiger partial charge is 0.390 e. The lowest BCUT2D eigenvalue weighted by atomic mass is 10.2. The van der Waals surface area contributed by atoms with Crippen molar-refractivity contribution in [3.05, 3.63) is 32.6 Å². The van der Waals surface area contributed by atoms with Gasteiger partial charge in [0.1, 0.15) is 0 Å². The number of H-pyrrole nitrogens is 1. The summed E-state index contributed by atoms with van der Waals surface area (Å²) in [5, 5.41) is 12.5. The van der Waals surface area contributed by atoms with Gasteiger partial charge in [0.2, 0.25) is 6.23 Å². The maximum absolute atomic E-state index is 11.5. The Morgan fingerprint density at radius 1 is 1.69 bits per heavy atom. The van der Waals surface area contributed by atoms with Gasteiger partial charge in [-0.1, -0.05) is 5.16 Å². The summed E-state index contributed by atoms with van der Waals surface area (Å²) < 4.78 is 1.25. The SMILES string of the molecule is Cc1cn([C@@H]2CC(CO)=NO2)c(=O)[nH]c1=O. The maximum Gasteiger partial charge on any atom is 0.331 e. The van der Waals surface area contributed by atoms with Crippen molar-refractivity contribution in [1.29, 1.82) is 0 Å². The molecule has 1 atom stereocenters. The van der Waals surface area contributed by atoms with Crippen LogP contribution in [-0.4, -0.2) is 27.0 Å². The van der Waals surface area contributed by atoms with Gasteiger partial charge in [0.05, 0.1) is 18.7 Å². The minimum atomic E-state index is -0.592. The molecule has 1 aliphatic heterocycles. The zero-order valence-electron chi connectivity index (χ0n) is 8.64.